The van der Waals surface area contributed by atoms with Gasteiger partial charge in [-0.2, -0.15) is 0 Å². The van der Waals surface area contributed by atoms with Gasteiger partial charge in [0.05, 0.1) is 7.11 Å². The van der Waals surface area contributed by atoms with E-state index < -0.39 is 6.03 Å². The Labute approximate surface area is 170 Å². The summed E-state index contributed by atoms with van der Waals surface area (Å²) in [4.78, 5) is 25.4. The molecule has 6 nitrogen and oxygen atoms in total. The van der Waals surface area contributed by atoms with E-state index in [9.17, 15) is 9.59 Å². The van der Waals surface area contributed by atoms with Crippen molar-refractivity contribution in [1.82, 2.24) is 10.2 Å². The first-order valence-electron chi connectivity index (χ1n) is 9.40. The lowest BCUT2D eigenvalue weighted by Gasteiger charge is -2.16. The Balaban J connectivity index is 1.93. The van der Waals surface area contributed by atoms with Crippen molar-refractivity contribution in [3.8, 4) is 11.5 Å². The summed E-state index contributed by atoms with van der Waals surface area (Å²) in [7, 11) is 1.57. The fourth-order valence-corrected chi connectivity index (χ4v) is 3.14. The van der Waals surface area contributed by atoms with E-state index in [1.807, 2.05) is 36.4 Å². The number of methoxy groups -OCH3 is 1. The Morgan fingerprint density at radius 3 is 2.55 bits per heavy atom. The lowest BCUT2D eigenvalue weighted by atomic mass is 10.0. The molecule has 2 aromatic carbocycles. The number of rotatable bonds is 8. The SMILES string of the molecule is C=CCc1cc(C=C2NC(=O)N(CC)C2=O)cc(OC)c1OCc1ccccc1. The van der Waals surface area contributed by atoms with Crippen LogP contribution in [0.2, 0.25) is 0 Å². The maximum absolute atomic E-state index is 12.3. The largest absolute Gasteiger partial charge is 0.493 e. The Morgan fingerprint density at radius 2 is 1.93 bits per heavy atom. The molecule has 6 heteroatoms. The van der Waals surface area contributed by atoms with Crippen molar-refractivity contribution in [2.75, 3.05) is 13.7 Å². The molecule has 0 unspecified atom stereocenters. The van der Waals surface area contributed by atoms with Crippen LogP contribution in [0.1, 0.15) is 23.6 Å². The highest BCUT2D eigenvalue weighted by Gasteiger charge is 2.32. The molecule has 1 aliphatic heterocycles. The Bertz CT molecular complexity index is 951. The van der Waals surface area contributed by atoms with Gasteiger partial charge in [-0.05, 0) is 42.7 Å². The number of hydrogen-bond acceptors (Lipinski definition) is 4. The molecule has 0 radical (unpaired) electrons. The minimum atomic E-state index is -0.412. The molecule has 0 saturated carbocycles. The van der Waals surface area contributed by atoms with Crippen LogP contribution in [0.4, 0.5) is 4.79 Å². The molecular formula is C23H24N2O4. The predicted molar refractivity (Wildman–Crippen MR) is 112 cm³/mol. The van der Waals surface area contributed by atoms with Crippen LogP contribution < -0.4 is 14.8 Å². The zero-order valence-corrected chi connectivity index (χ0v) is 16.6. The number of amides is 3. The van der Waals surface area contributed by atoms with Crippen LogP contribution in [0.25, 0.3) is 6.08 Å². The van der Waals surface area contributed by atoms with Crippen molar-refractivity contribution in [2.24, 2.45) is 0 Å². The fourth-order valence-electron chi connectivity index (χ4n) is 3.14. The van der Waals surface area contributed by atoms with Gasteiger partial charge in [0.2, 0.25) is 0 Å². The number of urea groups is 1. The first-order valence-corrected chi connectivity index (χ1v) is 9.40. The summed E-state index contributed by atoms with van der Waals surface area (Å²) in [5, 5.41) is 2.61. The molecule has 0 spiro atoms. The standard InChI is InChI=1S/C23H24N2O4/c1-4-9-18-12-17(13-19-22(26)25(5-2)23(27)24-19)14-20(28-3)21(18)29-15-16-10-7-6-8-11-16/h4,6-8,10-14H,1,5,9,15H2,2-3H3,(H,24,27). The number of nitrogens with one attached hydrogen (secondary N) is 1. The number of ether oxygens (including phenoxy) is 2. The van der Waals surface area contributed by atoms with Crippen molar-refractivity contribution in [1.29, 1.82) is 0 Å². The third-order valence-electron chi connectivity index (χ3n) is 4.55. The first-order chi connectivity index (χ1) is 14.1. The zero-order chi connectivity index (χ0) is 20.8. The van der Waals surface area contributed by atoms with E-state index in [0.29, 0.717) is 31.1 Å². The van der Waals surface area contributed by atoms with E-state index in [1.54, 1.807) is 32.3 Å². The van der Waals surface area contributed by atoms with Gasteiger partial charge in [-0.15, -0.1) is 6.58 Å². The van der Waals surface area contributed by atoms with E-state index in [4.69, 9.17) is 9.47 Å². The van der Waals surface area contributed by atoms with Gasteiger partial charge >= 0.3 is 6.03 Å². The van der Waals surface area contributed by atoms with Gasteiger partial charge in [-0.3, -0.25) is 9.69 Å². The maximum atomic E-state index is 12.3. The molecule has 3 amide bonds. The van der Waals surface area contributed by atoms with Crippen LogP contribution in [0, 0.1) is 0 Å². The molecule has 1 fully saturated rings. The smallest absolute Gasteiger partial charge is 0.328 e. The molecule has 0 bridgehead atoms. The van der Waals surface area contributed by atoms with E-state index in [-0.39, 0.29) is 11.6 Å². The summed E-state index contributed by atoms with van der Waals surface area (Å²) in [6, 6.07) is 13.1. The number of imide groups is 1. The predicted octanol–water partition coefficient (Wildman–Crippen LogP) is 3.92. The van der Waals surface area contributed by atoms with Crippen LogP contribution in [0.5, 0.6) is 11.5 Å². The van der Waals surface area contributed by atoms with Crippen molar-refractivity contribution >= 4 is 18.0 Å². The molecule has 1 aliphatic rings. The quantitative estimate of drug-likeness (QED) is 0.420. The number of carbonyl (C=O) groups excluding carboxylic acids is 2. The first kappa shape index (κ1) is 20.2. The second kappa shape index (κ2) is 9.10. The third-order valence-corrected chi connectivity index (χ3v) is 4.55. The molecule has 0 atom stereocenters. The summed E-state index contributed by atoms with van der Waals surface area (Å²) in [6.45, 7) is 6.30. The number of nitrogens with zero attached hydrogens (tertiary/aromatic N) is 1. The van der Waals surface area contributed by atoms with Gasteiger partial charge in [0.15, 0.2) is 11.5 Å². The zero-order valence-electron chi connectivity index (χ0n) is 16.6. The number of benzene rings is 2. The number of allylic oxidation sites excluding steroid dienone is 1. The molecule has 3 rings (SSSR count). The lowest BCUT2D eigenvalue weighted by Crippen LogP contribution is -2.30. The van der Waals surface area contributed by atoms with E-state index >= 15 is 0 Å². The van der Waals surface area contributed by atoms with Crippen molar-refractivity contribution in [3.63, 3.8) is 0 Å². The molecule has 2 aromatic rings. The highest BCUT2D eigenvalue weighted by atomic mass is 16.5. The van der Waals surface area contributed by atoms with Gasteiger partial charge in [-0.25, -0.2) is 4.79 Å². The number of carbonyl (C=O) groups is 2. The van der Waals surface area contributed by atoms with Crippen LogP contribution in [0.15, 0.2) is 60.8 Å². The van der Waals surface area contributed by atoms with Crippen LogP contribution in [0.3, 0.4) is 0 Å². The molecule has 29 heavy (non-hydrogen) atoms. The summed E-state index contributed by atoms with van der Waals surface area (Å²) < 4.78 is 11.6. The van der Waals surface area contributed by atoms with Crippen molar-refractivity contribution in [2.45, 2.75) is 20.0 Å². The molecule has 0 aliphatic carbocycles. The van der Waals surface area contributed by atoms with E-state index in [2.05, 4.69) is 11.9 Å². The molecule has 1 saturated heterocycles. The van der Waals surface area contributed by atoms with Gasteiger partial charge in [0.1, 0.15) is 12.3 Å². The van der Waals surface area contributed by atoms with Crippen LogP contribution >= 0.6 is 0 Å². The molecule has 150 valence electrons. The third kappa shape index (κ3) is 4.48. The topological polar surface area (TPSA) is 67.9 Å². The number of likely N-dealkylation sites (N-methyl/N-ethyl adjacent to an activating group) is 1. The fraction of sp³-hybridized carbons (Fsp3) is 0.217. The minimum Gasteiger partial charge on any atom is -0.493 e. The Morgan fingerprint density at radius 1 is 1.17 bits per heavy atom. The Kier molecular flexibility index (Phi) is 6.34. The average molecular weight is 392 g/mol. The van der Waals surface area contributed by atoms with Crippen molar-refractivity contribution in [3.05, 3.63) is 77.5 Å². The molecular weight excluding hydrogens is 368 g/mol. The van der Waals surface area contributed by atoms with Gasteiger partial charge < -0.3 is 14.8 Å². The normalized spacial score (nSPS) is 14.8. The lowest BCUT2D eigenvalue weighted by molar-refractivity contribution is -0.122. The average Bonchev–Trinajstić information content (AvgIpc) is 3.00. The highest BCUT2D eigenvalue weighted by Crippen LogP contribution is 2.35. The van der Waals surface area contributed by atoms with Crippen LogP contribution in [-0.2, 0) is 17.8 Å². The van der Waals surface area contributed by atoms with Crippen LogP contribution in [-0.4, -0.2) is 30.5 Å². The van der Waals surface area contributed by atoms with Gasteiger partial charge in [-0.1, -0.05) is 36.4 Å². The molecule has 1 heterocycles. The molecule has 0 aromatic heterocycles. The maximum Gasteiger partial charge on any atom is 0.328 e. The van der Waals surface area contributed by atoms with Crippen molar-refractivity contribution < 1.29 is 19.1 Å². The number of hydrogen-bond donors (Lipinski definition) is 1. The minimum absolute atomic E-state index is 0.237. The molecule has 1 N–H and O–H groups in total. The van der Waals surface area contributed by atoms with E-state index in [1.165, 1.54) is 0 Å². The van der Waals surface area contributed by atoms with E-state index in [0.717, 1.165) is 21.6 Å². The van der Waals surface area contributed by atoms with Gasteiger partial charge in [0.25, 0.3) is 5.91 Å². The highest BCUT2D eigenvalue weighted by molar-refractivity contribution is 6.13. The van der Waals surface area contributed by atoms with Gasteiger partial charge in [0, 0.05) is 12.1 Å². The monoisotopic (exact) mass is 392 g/mol. The summed E-state index contributed by atoms with van der Waals surface area (Å²) in [6.07, 6.45) is 3.99. The second-order valence-corrected chi connectivity index (χ2v) is 6.52. The second-order valence-electron chi connectivity index (χ2n) is 6.52. The Hall–Kier alpha value is -3.54. The summed E-state index contributed by atoms with van der Waals surface area (Å²) in [5.74, 6) is 0.845. The summed E-state index contributed by atoms with van der Waals surface area (Å²) in [5.41, 5.74) is 2.89. The summed E-state index contributed by atoms with van der Waals surface area (Å²) >= 11 is 0.